The molecule has 0 rings (SSSR count). The second kappa shape index (κ2) is 14.0. The molecule has 100 valence electrons. The van der Waals surface area contributed by atoms with Gasteiger partial charge < -0.3 is 9.47 Å². The Balaban J connectivity index is 3.22. The lowest BCUT2D eigenvalue weighted by Gasteiger charge is -2.03. The topological polar surface area (TPSA) is 18.5 Å². The Labute approximate surface area is 115 Å². The van der Waals surface area contributed by atoms with Crippen molar-refractivity contribution in [3.63, 3.8) is 0 Å². The number of methoxy groups -OCH3 is 2. The highest BCUT2D eigenvalue weighted by Crippen LogP contribution is 2.08. The Hall–Kier alpha value is -0.0400. The zero-order chi connectivity index (χ0) is 12.8. The Bertz CT molecular complexity index is 204. The van der Waals surface area contributed by atoms with E-state index in [0.29, 0.717) is 0 Å². The normalized spacial score (nSPS) is 10.4. The molecule has 0 aliphatic heterocycles. The third kappa shape index (κ3) is 12.2. The molecule has 0 radical (unpaired) electrons. The van der Waals surface area contributed by atoms with Crippen molar-refractivity contribution < 1.29 is 9.47 Å². The molecule has 0 bridgehead atoms. The van der Waals surface area contributed by atoms with Crippen molar-refractivity contribution in [2.24, 2.45) is 0 Å². The fourth-order valence-corrected chi connectivity index (χ4v) is 1.96. The van der Waals surface area contributed by atoms with Gasteiger partial charge in [-0.3, -0.25) is 0 Å². The first-order chi connectivity index (χ1) is 8.35. The zero-order valence-corrected chi connectivity index (χ0v) is 12.7. The summed E-state index contributed by atoms with van der Waals surface area (Å²) < 4.78 is 9.96. The maximum absolute atomic E-state index is 4.98. The molecule has 17 heavy (non-hydrogen) atoms. The Kier molecular flexibility index (Phi) is 14.0. The molecule has 3 heteroatoms. The highest BCUT2D eigenvalue weighted by molar-refractivity contribution is 9.09. The lowest BCUT2D eigenvalue weighted by atomic mass is 10.1. The molecular formula is C14H25BrO2. The van der Waals surface area contributed by atoms with Crippen molar-refractivity contribution in [1.29, 1.82) is 0 Å². The van der Waals surface area contributed by atoms with Crippen LogP contribution < -0.4 is 0 Å². The van der Waals surface area contributed by atoms with Crippen LogP contribution in [0.4, 0.5) is 0 Å². The standard InChI is InChI=1S/C14H25BrO2/c1-16-14(17-2)12-10-8-6-4-3-5-7-9-11-13-15/h14H,3-9,11,13H2,1-2H3. The highest BCUT2D eigenvalue weighted by atomic mass is 79.9. The fourth-order valence-electron chi connectivity index (χ4n) is 1.56. The van der Waals surface area contributed by atoms with Crippen LogP contribution in [0, 0.1) is 11.8 Å². The first-order valence-electron chi connectivity index (χ1n) is 6.45. The van der Waals surface area contributed by atoms with E-state index in [4.69, 9.17) is 9.47 Å². The third-order valence-electron chi connectivity index (χ3n) is 2.58. The summed E-state index contributed by atoms with van der Waals surface area (Å²) in [6, 6.07) is 0. The predicted molar refractivity (Wildman–Crippen MR) is 76.3 cm³/mol. The molecule has 0 aromatic carbocycles. The van der Waals surface area contributed by atoms with Crippen LogP contribution >= 0.6 is 15.9 Å². The minimum absolute atomic E-state index is 0.362. The summed E-state index contributed by atoms with van der Waals surface area (Å²) in [5.74, 6) is 6.03. The molecule has 0 aromatic rings. The predicted octanol–water partition coefficient (Wildman–Crippen LogP) is 4.12. The van der Waals surface area contributed by atoms with Gasteiger partial charge in [0.05, 0.1) is 0 Å². The molecule has 0 spiro atoms. The Morgan fingerprint density at radius 2 is 1.41 bits per heavy atom. The van der Waals surface area contributed by atoms with Crippen LogP contribution in [-0.4, -0.2) is 25.8 Å². The van der Waals surface area contributed by atoms with Crippen LogP contribution in [0.1, 0.15) is 51.4 Å². The van der Waals surface area contributed by atoms with Crippen molar-refractivity contribution in [1.82, 2.24) is 0 Å². The summed E-state index contributed by atoms with van der Waals surface area (Å²) >= 11 is 3.45. The molecule has 0 unspecified atom stereocenters. The second-order valence-corrected chi connectivity index (χ2v) is 4.83. The van der Waals surface area contributed by atoms with Gasteiger partial charge in [-0.15, -0.1) is 0 Å². The number of hydrogen-bond donors (Lipinski definition) is 0. The molecule has 2 nitrogen and oxygen atoms in total. The second-order valence-electron chi connectivity index (χ2n) is 4.04. The summed E-state index contributed by atoms with van der Waals surface area (Å²) in [7, 11) is 3.21. The van der Waals surface area contributed by atoms with Gasteiger partial charge in [0, 0.05) is 26.0 Å². The van der Waals surface area contributed by atoms with Crippen molar-refractivity contribution >= 4 is 15.9 Å². The first kappa shape index (κ1) is 17.0. The summed E-state index contributed by atoms with van der Waals surface area (Å²) in [6.45, 7) is 0. The summed E-state index contributed by atoms with van der Waals surface area (Å²) in [5, 5.41) is 1.14. The van der Waals surface area contributed by atoms with Gasteiger partial charge in [0.1, 0.15) is 0 Å². The minimum Gasteiger partial charge on any atom is -0.345 e. The van der Waals surface area contributed by atoms with E-state index in [0.717, 1.165) is 11.8 Å². The fraction of sp³-hybridized carbons (Fsp3) is 0.857. The molecule has 0 atom stereocenters. The quantitative estimate of drug-likeness (QED) is 0.261. The molecular weight excluding hydrogens is 280 g/mol. The van der Waals surface area contributed by atoms with Crippen LogP contribution in [0.5, 0.6) is 0 Å². The van der Waals surface area contributed by atoms with E-state index in [1.165, 1.54) is 44.9 Å². The van der Waals surface area contributed by atoms with Gasteiger partial charge in [-0.05, 0) is 18.8 Å². The van der Waals surface area contributed by atoms with Crippen molar-refractivity contribution in [2.45, 2.75) is 57.7 Å². The van der Waals surface area contributed by atoms with Crippen molar-refractivity contribution in [2.75, 3.05) is 19.5 Å². The van der Waals surface area contributed by atoms with E-state index in [2.05, 4.69) is 27.8 Å². The molecule has 0 heterocycles. The van der Waals surface area contributed by atoms with Gasteiger partial charge in [0.15, 0.2) is 0 Å². The van der Waals surface area contributed by atoms with E-state index in [1.807, 2.05) is 0 Å². The first-order valence-corrected chi connectivity index (χ1v) is 7.57. The molecule has 0 aliphatic rings. The number of unbranched alkanes of at least 4 members (excludes halogenated alkanes) is 7. The summed E-state index contributed by atoms with van der Waals surface area (Å²) in [4.78, 5) is 0. The van der Waals surface area contributed by atoms with Gasteiger partial charge in [0.25, 0.3) is 0 Å². The molecule has 0 aliphatic carbocycles. The smallest absolute Gasteiger partial charge is 0.221 e. The minimum atomic E-state index is -0.362. The zero-order valence-electron chi connectivity index (χ0n) is 11.1. The van der Waals surface area contributed by atoms with Crippen LogP contribution in [0.15, 0.2) is 0 Å². The molecule has 0 fully saturated rings. The number of alkyl halides is 1. The van der Waals surface area contributed by atoms with Crippen LogP contribution in [0.25, 0.3) is 0 Å². The number of hydrogen-bond acceptors (Lipinski definition) is 2. The van der Waals surface area contributed by atoms with E-state index < -0.39 is 0 Å². The summed E-state index contributed by atoms with van der Waals surface area (Å²) in [6.07, 6.45) is 9.78. The SMILES string of the molecule is COC(C#CCCCCCCCCCBr)OC. The lowest BCUT2D eigenvalue weighted by Crippen LogP contribution is -2.09. The maximum atomic E-state index is 4.98. The van der Waals surface area contributed by atoms with E-state index >= 15 is 0 Å². The van der Waals surface area contributed by atoms with Crippen LogP contribution in [0.3, 0.4) is 0 Å². The van der Waals surface area contributed by atoms with E-state index in [9.17, 15) is 0 Å². The molecule has 0 aromatic heterocycles. The largest absolute Gasteiger partial charge is 0.345 e. The van der Waals surface area contributed by atoms with Crippen molar-refractivity contribution in [3.8, 4) is 11.8 Å². The highest BCUT2D eigenvalue weighted by Gasteiger charge is 1.96. The monoisotopic (exact) mass is 304 g/mol. The van der Waals surface area contributed by atoms with Gasteiger partial charge in [-0.25, -0.2) is 0 Å². The Morgan fingerprint density at radius 3 is 1.94 bits per heavy atom. The molecule has 0 saturated heterocycles. The maximum Gasteiger partial charge on any atom is 0.221 e. The van der Waals surface area contributed by atoms with E-state index in [1.54, 1.807) is 14.2 Å². The van der Waals surface area contributed by atoms with Gasteiger partial charge in [0.2, 0.25) is 6.29 Å². The molecule has 0 saturated carbocycles. The van der Waals surface area contributed by atoms with Gasteiger partial charge in [-0.2, -0.15) is 0 Å². The average molecular weight is 305 g/mol. The number of halogens is 1. The van der Waals surface area contributed by atoms with Crippen LogP contribution in [-0.2, 0) is 9.47 Å². The van der Waals surface area contributed by atoms with E-state index in [-0.39, 0.29) is 6.29 Å². The Morgan fingerprint density at radius 1 is 0.882 bits per heavy atom. The van der Waals surface area contributed by atoms with Crippen molar-refractivity contribution in [3.05, 3.63) is 0 Å². The number of ether oxygens (including phenoxy) is 2. The summed E-state index contributed by atoms with van der Waals surface area (Å²) in [5.41, 5.74) is 0. The molecule has 0 N–H and O–H groups in total. The van der Waals surface area contributed by atoms with Gasteiger partial charge >= 0.3 is 0 Å². The molecule has 0 amide bonds. The average Bonchev–Trinajstić information content (AvgIpc) is 2.36. The lowest BCUT2D eigenvalue weighted by molar-refractivity contribution is -0.0595. The van der Waals surface area contributed by atoms with Gasteiger partial charge in [-0.1, -0.05) is 54.0 Å². The third-order valence-corrected chi connectivity index (χ3v) is 3.14. The van der Waals surface area contributed by atoms with Crippen LogP contribution in [0.2, 0.25) is 0 Å². The number of rotatable bonds is 10.